The van der Waals surface area contributed by atoms with Gasteiger partial charge in [-0.25, -0.2) is 25.9 Å². The van der Waals surface area contributed by atoms with E-state index in [4.69, 9.17) is 4.42 Å². The number of hydrogen-bond acceptors (Lipinski definition) is 7. The zero-order valence-electron chi connectivity index (χ0n) is 17.2. The highest BCUT2D eigenvalue weighted by molar-refractivity contribution is 7.94. The summed E-state index contributed by atoms with van der Waals surface area (Å²) in [5.41, 5.74) is 0.492. The van der Waals surface area contributed by atoms with Crippen LogP contribution in [0.1, 0.15) is 36.6 Å². The Kier molecular flexibility index (Phi) is 5.95. The third kappa shape index (κ3) is 4.40. The van der Waals surface area contributed by atoms with Crippen molar-refractivity contribution in [2.75, 3.05) is 29.7 Å². The van der Waals surface area contributed by atoms with Crippen molar-refractivity contribution in [1.82, 2.24) is 9.62 Å². The van der Waals surface area contributed by atoms with Crippen LogP contribution in [0, 0.1) is 6.92 Å². The minimum absolute atomic E-state index is 0.0376. The van der Waals surface area contributed by atoms with Crippen LogP contribution >= 0.6 is 0 Å². The number of nitrogens with zero attached hydrogens (tertiary/aromatic N) is 2. The Bertz CT molecular complexity index is 1170. The second-order valence-corrected chi connectivity index (χ2v) is 11.5. The summed E-state index contributed by atoms with van der Waals surface area (Å²) in [4.78, 5) is 14.2. The number of carbonyl (C=O) groups excluding carboxylic acids is 1. The Hall–Kier alpha value is -2.21. The van der Waals surface area contributed by atoms with Crippen molar-refractivity contribution in [3.05, 3.63) is 47.9 Å². The molecule has 3 heterocycles. The Morgan fingerprint density at radius 1 is 1.19 bits per heavy atom. The van der Waals surface area contributed by atoms with Crippen LogP contribution in [0.4, 0.5) is 5.69 Å². The predicted octanol–water partition coefficient (Wildman–Crippen LogP) is 1.77. The van der Waals surface area contributed by atoms with E-state index in [1.165, 1.54) is 18.2 Å². The van der Waals surface area contributed by atoms with Gasteiger partial charge in [-0.3, -0.25) is 9.69 Å². The minimum atomic E-state index is -3.96. The van der Waals surface area contributed by atoms with E-state index in [9.17, 15) is 21.6 Å². The first-order valence-corrected chi connectivity index (χ1v) is 13.2. The average molecular weight is 468 g/mol. The van der Waals surface area contributed by atoms with Crippen LogP contribution in [-0.4, -0.2) is 53.0 Å². The number of aryl methyl sites for hydroxylation is 1. The molecule has 0 bridgehead atoms. The average Bonchev–Trinajstić information content (AvgIpc) is 3.46. The summed E-state index contributed by atoms with van der Waals surface area (Å²) in [6.07, 6.45) is 3.54. The van der Waals surface area contributed by atoms with E-state index in [0.29, 0.717) is 15.6 Å². The number of sulfonamides is 2. The fourth-order valence-corrected chi connectivity index (χ4v) is 6.84. The summed E-state index contributed by atoms with van der Waals surface area (Å²) >= 11 is 0. The largest absolute Gasteiger partial charge is 0.468 e. The highest BCUT2D eigenvalue weighted by Gasteiger charge is 2.37. The van der Waals surface area contributed by atoms with Crippen molar-refractivity contribution < 1.29 is 26.0 Å². The summed E-state index contributed by atoms with van der Waals surface area (Å²) in [5, 5.41) is 0. The molecule has 0 radical (unpaired) electrons. The summed E-state index contributed by atoms with van der Waals surface area (Å²) < 4.78 is 59.6. The molecular weight excluding hydrogens is 442 g/mol. The number of benzene rings is 1. The van der Waals surface area contributed by atoms with Gasteiger partial charge in [-0.1, -0.05) is 6.07 Å². The zero-order chi connectivity index (χ0) is 22.2. The van der Waals surface area contributed by atoms with E-state index in [-0.39, 0.29) is 35.3 Å². The minimum Gasteiger partial charge on any atom is -0.468 e. The molecule has 1 aromatic heterocycles. The third-order valence-corrected chi connectivity index (χ3v) is 8.95. The van der Waals surface area contributed by atoms with E-state index in [1.54, 1.807) is 19.3 Å². The molecule has 1 atom stereocenters. The molecule has 2 aliphatic rings. The molecule has 1 N–H and O–H groups in total. The van der Waals surface area contributed by atoms with Gasteiger partial charge in [0.15, 0.2) is 0 Å². The SMILES string of the molecule is Cc1ccc(N2C(=O)CCS2(=O)=O)cc1S(=O)(=O)NC[C@H](c1ccco1)N1CCCC1. The lowest BCUT2D eigenvalue weighted by Gasteiger charge is -2.26. The second-order valence-electron chi connectivity index (χ2n) is 7.80. The van der Waals surface area contributed by atoms with Gasteiger partial charge in [-0.15, -0.1) is 0 Å². The number of furan rings is 1. The maximum atomic E-state index is 13.1. The molecule has 1 amide bonds. The maximum absolute atomic E-state index is 13.1. The van der Waals surface area contributed by atoms with E-state index >= 15 is 0 Å². The molecule has 2 aromatic rings. The van der Waals surface area contributed by atoms with Crippen LogP contribution in [0.3, 0.4) is 0 Å². The first-order valence-electron chi connectivity index (χ1n) is 10.1. The highest BCUT2D eigenvalue weighted by Crippen LogP contribution is 2.30. The van der Waals surface area contributed by atoms with E-state index in [1.807, 2.05) is 6.07 Å². The number of rotatable bonds is 7. The van der Waals surface area contributed by atoms with Crippen molar-refractivity contribution in [2.45, 2.75) is 37.1 Å². The Labute approximate surface area is 182 Å². The van der Waals surface area contributed by atoms with Crippen LogP contribution in [0.25, 0.3) is 0 Å². The number of anilines is 1. The van der Waals surface area contributed by atoms with Gasteiger partial charge in [-0.05, 0) is 62.7 Å². The maximum Gasteiger partial charge on any atom is 0.242 e. The second kappa shape index (κ2) is 8.38. The van der Waals surface area contributed by atoms with Gasteiger partial charge in [0.1, 0.15) is 5.76 Å². The standard InChI is InChI=1S/C20H25N3O6S2/c1-15-6-7-16(23-20(24)8-12-30(23,25)26)13-19(15)31(27,28)21-14-17(18-5-4-11-29-18)22-9-2-3-10-22/h4-7,11,13,17,21H,2-3,8-10,12,14H2,1H3/t17-/m1/s1. The molecule has 0 aliphatic carbocycles. The molecule has 2 aliphatic heterocycles. The Balaban J connectivity index is 1.60. The third-order valence-electron chi connectivity index (χ3n) is 5.69. The quantitative estimate of drug-likeness (QED) is 0.659. The topological polar surface area (TPSA) is 117 Å². The van der Waals surface area contributed by atoms with Gasteiger partial charge in [-0.2, -0.15) is 0 Å². The molecule has 0 saturated carbocycles. The number of carbonyl (C=O) groups is 1. The molecule has 11 heteroatoms. The number of likely N-dealkylation sites (tertiary alicyclic amines) is 1. The zero-order valence-corrected chi connectivity index (χ0v) is 18.8. The summed E-state index contributed by atoms with van der Waals surface area (Å²) in [6.45, 7) is 3.46. The van der Waals surface area contributed by atoms with E-state index in [0.717, 1.165) is 25.9 Å². The fraction of sp³-hybridized carbons (Fsp3) is 0.450. The lowest BCUT2D eigenvalue weighted by atomic mass is 10.2. The van der Waals surface area contributed by atoms with Gasteiger partial charge in [0.2, 0.25) is 26.0 Å². The van der Waals surface area contributed by atoms with Gasteiger partial charge >= 0.3 is 0 Å². The lowest BCUT2D eigenvalue weighted by molar-refractivity contribution is -0.116. The van der Waals surface area contributed by atoms with E-state index in [2.05, 4.69) is 9.62 Å². The highest BCUT2D eigenvalue weighted by atomic mass is 32.2. The Morgan fingerprint density at radius 3 is 2.55 bits per heavy atom. The van der Waals surface area contributed by atoms with Crippen LogP contribution in [0.15, 0.2) is 45.9 Å². The number of hydrogen-bond donors (Lipinski definition) is 1. The molecule has 0 unspecified atom stereocenters. The summed E-state index contributed by atoms with van der Waals surface area (Å²) in [7, 11) is -7.75. The molecule has 168 valence electrons. The monoisotopic (exact) mass is 467 g/mol. The molecule has 1 aromatic carbocycles. The molecule has 9 nitrogen and oxygen atoms in total. The Morgan fingerprint density at radius 2 is 1.94 bits per heavy atom. The summed E-state index contributed by atoms with van der Waals surface area (Å²) in [6, 6.07) is 7.56. The molecule has 4 rings (SSSR count). The smallest absolute Gasteiger partial charge is 0.242 e. The van der Waals surface area contributed by atoms with Crippen LogP contribution in [0.5, 0.6) is 0 Å². The van der Waals surface area contributed by atoms with Crippen molar-refractivity contribution in [1.29, 1.82) is 0 Å². The first-order chi connectivity index (χ1) is 14.7. The number of nitrogens with one attached hydrogen (secondary N) is 1. The lowest BCUT2D eigenvalue weighted by Crippen LogP contribution is -2.37. The van der Waals surface area contributed by atoms with Crippen LogP contribution in [0.2, 0.25) is 0 Å². The molecule has 0 spiro atoms. The van der Waals surface area contributed by atoms with Gasteiger partial charge in [0.05, 0.1) is 28.6 Å². The van der Waals surface area contributed by atoms with Crippen molar-refractivity contribution in [2.24, 2.45) is 0 Å². The molecule has 2 fully saturated rings. The van der Waals surface area contributed by atoms with Gasteiger partial charge in [0.25, 0.3) is 0 Å². The van der Waals surface area contributed by atoms with Crippen molar-refractivity contribution >= 4 is 31.6 Å². The molecule has 2 saturated heterocycles. The van der Waals surface area contributed by atoms with Crippen LogP contribution < -0.4 is 9.03 Å². The molecule has 31 heavy (non-hydrogen) atoms. The summed E-state index contributed by atoms with van der Waals surface area (Å²) in [5.74, 6) is -0.156. The normalized spacial score (nSPS) is 20.4. The number of amides is 1. The van der Waals surface area contributed by atoms with E-state index < -0.39 is 26.0 Å². The van der Waals surface area contributed by atoms with Crippen LogP contribution in [-0.2, 0) is 24.8 Å². The fourth-order valence-electron chi connectivity index (χ4n) is 4.08. The van der Waals surface area contributed by atoms with Crippen molar-refractivity contribution in [3.8, 4) is 0 Å². The van der Waals surface area contributed by atoms with Crippen molar-refractivity contribution in [3.63, 3.8) is 0 Å². The predicted molar refractivity (Wildman–Crippen MR) is 115 cm³/mol. The van der Waals surface area contributed by atoms with Gasteiger partial charge < -0.3 is 4.42 Å². The molecular formula is C20H25N3O6S2. The van der Waals surface area contributed by atoms with Gasteiger partial charge in [0, 0.05) is 13.0 Å². The first kappa shape index (κ1) is 22.0.